The van der Waals surface area contributed by atoms with Gasteiger partial charge in [0, 0.05) is 11.5 Å². The van der Waals surface area contributed by atoms with Crippen LogP contribution in [-0.2, 0) is 0 Å². The Bertz CT molecular complexity index is 1050. The average Bonchev–Trinajstić information content (AvgIpc) is 2.82. The zero-order chi connectivity index (χ0) is 17.8. The lowest BCUT2D eigenvalue weighted by atomic mass is 10.2. The number of nitro groups is 2. The molecule has 0 aliphatic rings. The molecule has 0 unspecified atom stereocenters. The minimum absolute atomic E-state index is 0.0752. The van der Waals surface area contributed by atoms with E-state index in [0.29, 0.717) is 5.36 Å². The summed E-state index contributed by atoms with van der Waals surface area (Å²) < 4.78 is 0. The number of nitrogens with zero attached hydrogens (tertiary/aromatic N) is 3. The number of rotatable bonds is 4. The monoisotopic (exact) mass is 336 g/mol. The fourth-order valence-corrected chi connectivity index (χ4v) is 2.37. The summed E-state index contributed by atoms with van der Waals surface area (Å²) in [6, 6.07) is 18.3. The molecule has 0 radical (unpaired) electrons. The van der Waals surface area contributed by atoms with Crippen molar-refractivity contribution in [3.8, 4) is 0 Å². The number of non-ortho nitro benzene ring substituents is 1. The fourth-order valence-electron chi connectivity index (χ4n) is 2.37. The van der Waals surface area contributed by atoms with Crippen LogP contribution >= 0.6 is 0 Å². The summed E-state index contributed by atoms with van der Waals surface area (Å²) in [4.78, 5) is 20.6. The summed E-state index contributed by atoms with van der Waals surface area (Å²) in [6.07, 6.45) is 0. The quantitative estimate of drug-likeness (QED) is 0.578. The Kier molecular flexibility index (Phi) is 4.34. The summed E-state index contributed by atoms with van der Waals surface area (Å²) in [5.74, 6) is 0. The highest BCUT2D eigenvalue weighted by Gasteiger charge is 2.19. The molecule has 3 aromatic rings. The molecule has 0 amide bonds. The average molecular weight is 336 g/mol. The van der Waals surface area contributed by atoms with E-state index in [9.17, 15) is 20.2 Å². The summed E-state index contributed by atoms with van der Waals surface area (Å²) >= 11 is 0. The second-order valence-corrected chi connectivity index (χ2v) is 5.13. The number of nitro benzene ring substituents is 2. The molecule has 0 aliphatic carbocycles. The summed E-state index contributed by atoms with van der Waals surface area (Å²) in [6.45, 7) is 0. The second kappa shape index (κ2) is 6.75. The predicted molar refractivity (Wildman–Crippen MR) is 92.9 cm³/mol. The lowest BCUT2D eigenvalue weighted by molar-refractivity contribution is -0.393. The molecule has 0 saturated heterocycles. The lowest BCUT2D eigenvalue weighted by Gasteiger charge is -2.02. The molecule has 0 aliphatic heterocycles. The van der Waals surface area contributed by atoms with Gasteiger partial charge < -0.3 is 0 Å². The Morgan fingerprint density at radius 3 is 2.20 bits per heavy atom. The van der Waals surface area contributed by atoms with E-state index in [4.69, 9.17) is 0 Å². The number of fused-ring (bicyclic) bond motifs is 1. The number of hydrogen-bond donors (Lipinski definition) is 1. The van der Waals surface area contributed by atoms with Gasteiger partial charge in [-0.25, -0.2) is 0 Å². The van der Waals surface area contributed by atoms with Gasteiger partial charge in [0.2, 0.25) is 0 Å². The molecule has 0 fully saturated rings. The van der Waals surface area contributed by atoms with Crippen molar-refractivity contribution in [3.63, 3.8) is 0 Å². The van der Waals surface area contributed by atoms with Gasteiger partial charge >= 0.3 is 5.69 Å². The third-order valence-electron chi connectivity index (χ3n) is 3.56. The van der Waals surface area contributed by atoms with E-state index in [1.807, 2.05) is 42.5 Å². The van der Waals surface area contributed by atoms with Gasteiger partial charge in [-0.15, -0.1) is 0 Å². The van der Waals surface area contributed by atoms with E-state index in [1.54, 1.807) is 6.07 Å². The van der Waals surface area contributed by atoms with Crippen LogP contribution in [0.3, 0.4) is 0 Å². The highest BCUT2D eigenvalue weighted by atomic mass is 16.6. The van der Waals surface area contributed by atoms with Crippen molar-refractivity contribution >= 4 is 27.8 Å². The van der Waals surface area contributed by atoms with Crippen LogP contribution in [0.4, 0.5) is 17.1 Å². The van der Waals surface area contributed by atoms with Gasteiger partial charge in [-0.1, -0.05) is 42.5 Å². The standard InChI is InChI=1S/C17H12N4O4/c22-20(23)13-9-10-16(17(11-13)21(24)25)19-18-15-8-4-2-6-12-5-1-3-7-14(12)15/h1-11,19H/b18-15+. The van der Waals surface area contributed by atoms with Crippen LogP contribution in [0, 0.1) is 20.2 Å². The minimum atomic E-state index is -0.687. The Morgan fingerprint density at radius 1 is 0.840 bits per heavy atom. The first-order valence-corrected chi connectivity index (χ1v) is 7.27. The molecule has 1 N–H and O–H groups in total. The third-order valence-corrected chi connectivity index (χ3v) is 3.56. The van der Waals surface area contributed by atoms with Gasteiger partial charge in [0.05, 0.1) is 21.3 Å². The van der Waals surface area contributed by atoms with Crippen LogP contribution < -0.4 is 10.8 Å². The zero-order valence-electron chi connectivity index (χ0n) is 12.8. The number of hydrogen-bond acceptors (Lipinski definition) is 6. The Morgan fingerprint density at radius 2 is 1.52 bits per heavy atom. The van der Waals surface area contributed by atoms with E-state index in [1.165, 1.54) is 12.1 Å². The van der Waals surface area contributed by atoms with Crippen molar-refractivity contribution in [1.29, 1.82) is 0 Å². The third kappa shape index (κ3) is 3.42. The van der Waals surface area contributed by atoms with Crippen LogP contribution in [0.2, 0.25) is 0 Å². The molecule has 124 valence electrons. The van der Waals surface area contributed by atoms with Crippen LogP contribution in [0.5, 0.6) is 0 Å². The number of anilines is 1. The Hall–Kier alpha value is -3.81. The fraction of sp³-hybridized carbons (Fsp3) is 0. The first-order valence-electron chi connectivity index (χ1n) is 7.27. The van der Waals surface area contributed by atoms with Crippen molar-refractivity contribution in [3.05, 3.63) is 92.3 Å². The van der Waals surface area contributed by atoms with Gasteiger partial charge in [0.1, 0.15) is 5.69 Å². The zero-order valence-corrected chi connectivity index (χ0v) is 12.8. The van der Waals surface area contributed by atoms with Crippen molar-refractivity contribution in [2.45, 2.75) is 0 Å². The van der Waals surface area contributed by atoms with E-state index < -0.39 is 15.5 Å². The normalized spacial score (nSPS) is 11.3. The minimum Gasteiger partial charge on any atom is -0.271 e. The number of benzene rings is 2. The van der Waals surface area contributed by atoms with Crippen molar-refractivity contribution in [2.24, 2.45) is 5.10 Å². The van der Waals surface area contributed by atoms with E-state index in [2.05, 4.69) is 10.5 Å². The van der Waals surface area contributed by atoms with Gasteiger partial charge in [0.25, 0.3) is 5.69 Å². The molecular weight excluding hydrogens is 324 g/mol. The summed E-state index contributed by atoms with van der Waals surface area (Å²) in [7, 11) is 0. The highest BCUT2D eigenvalue weighted by Crippen LogP contribution is 2.28. The first kappa shape index (κ1) is 16.1. The van der Waals surface area contributed by atoms with Gasteiger partial charge in [-0.3, -0.25) is 25.7 Å². The maximum Gasteiger partial charge on any atom is 0.301 e. The van der Waals surface area contributed by atoms with E-state index in [0.717, 1.165) is 16.8 Å². The lowest BCUT2D eigenvalue weighted by Crippen LogP contribution is -2.05. The highest BCUT2D eigenvalue weighted by molar-refractivity contribution is 5.81. The predicted octanol–water partition coefficient (Wildman–Crippen LogP) is 3.58. The molecule has 3 aromatic carbocycles. The maximum absolute atomic E-state index is 11.2. The summed E-state index contributed by atoms with van der Waals surface area (Å²) in [5, 5.41) is 28.6. The topological polar surface area (TPSA) is 111 Å². The molecule has 25 heavy (non-hydrogen) atoms. The smallest absolute Gasteiger partial charge is 0.271 e. The van der Waals surface area contributed by atoms with Crippen LogP contribution in [0.25, 0.3) is 10.8 Å². The SMILES string of the molecule is O=[N+]([O-])c1ccc(N/N=c2\ccccc3ccccc23)c([N+](=O)[O-])c1. The molecule has 8 nitrogen and oxygen atoms in total. The molecule has 0 aromatic heterocycles. The van der Waals surface area contributed by atoms with Crippen LogP contribution in [0.15, 0.2) is 71.8 Å². The molecule has 0 saturated carbocycles. The maximum atomic E-state index is 11.2. The van der Waals surface area contributed by atoms with Crippen molar-refractivity contribution in [2.75, 3.05) is 5.43 Å². The van der Waals surface area contributed by atoms with Crippen molar-refractivity contribution < 1.29 is 9.85 Å². The molecular formula is C17H12N4O4. The van der Waals surface area contributed by atoms with Gasteiger partial charge in [-0.05, 0) is 17.5 Å². The van der Waals surface area contributed by atoms with Crippen LogP contribution in [-0.4, -0.2) is 9.85 Å². The molecule has 8 heteroatoms. The Labute approximate surface area is 141 Å². The number of nitrogens with one attached hydrogen (secondary N) is 1. The molecule has 0 spiro atoms. The van der Waals surface area contributed by atoms with Gasteiger partial charge in [0.15, 0.2) is 0 Å². The van der Waals surface area contributed by atoms with E-state index >= 15 is 0 Å². The molecule has 0 bridgehead atoms. The first-order chi connectivity index (χ1) is 12.1. The second-order valence-electron chi connectivity index (χ2n) is 5.13. The molecule has 0 heterocycles. The Balaban J connectivity index is 2.09. The summed E-state index contributed by atoms with van der Waals surface area (Å²) in [5.41, 5.74) is 1.95. The van der Waals surface area contributed by atoms with Crippen LogP contribution in [0.1, 0.15) is 0 Å². The van der Waals surface area contributed by atoms with Gasteiger partial charge in [-0.2, -0.15) is 5.10 Å². The van der Waals surface area contributed by atoms with Crippen molar-refractivity contribution in [1.82, 2.24) is 0 Å². The molecule has 0 atom stereocenters. The largest absolute Gasteiger partial charge is 0.301 e. The van der Waals surface area contributed by atoms with E-state index in [-0.39, 0.29) is 11.4 Å². The molecule has 3 rings (SSSR count).